The van der Waals surface area contributed by atoms with Crippen molar-refractivity contribution < 1.29 is 40.8 Å². The van der Waals surface area contributed by atoms with Crippen molar-refractivity contribution in [2.75, 3.05) is 20.1 Å². The van der Waals surface area contributed by atoms with Gasteiger partial charge in [0, 0.05) is 11.6 Å². The first kappa shape index (κ1) is 30.8. The second-order valence-corrected chi connectivity index (χ2v) is 13.2. The van der Waals surface area contributed by atoms with Crippen LogP contribution in [0.4, 0.5) is 0 Å². The maximum Gasteiger partial charge on any atom is 0.414 e. The third-order valence-corrected chi connectivity index (χ3v) is 9.70. The van der Waals surface area contributed by atoms with Gasteiger partial charge in [-0.1, -0.05) is 48.5 Å². The van der Waals surface area contributed by atoms with E-state index in [-0.39, 0.29) is 22.3 Å². The average Bonchev–Trinajstić information content (AvgIpc) is 3.34. The zero-order valence-electron chi connectivity index (χ0n) is 22.7. The molecular weight excluding hydrogens is 584 g/mol. The lowest BCUT2D eigenvalue weighted by Gasteiger charge is -2.28. The SMILES string of the molecule is CN1CCC(c2cn(S(=O)(=O)Cc3ccccc3)c3ccc(OS(=O)(=O)c4ccccc4)cc23)CC1.O=C(O)C(=O)O. The van der Waals surface area contributed by atoms with Crippen molar-refractivity contribution in [3.8, 4) is 5.75 Å². The van der Waals surface area contributed by atoms with Crippen molar-refractivity contribution in [1.29, 1.82) is 0 Å². The topological polar surface area (TPSA) is 160 Å². The van der Waals surface area contributed by atoms with E-state index in [4.69, 9.17) is 24.0 Å². The number of carboxylic acid groups (broad SMARTS) is 2. The molecule has 0 bridgehead atoms. The van der Waals surface area contributed by atoms with Crippen LogP contribution in [0.1, 0.15) is 29.9 Å². The molecule has 5 rings (SSSR count). The predicted octanol–water partition coefficient (Wildman–Crippen LogP) is 3.75. The number of benzene rings is 3. The fourth-order valence-corrected chi connectivity index (χ4v) is 7.18. The number of fused-ring (bicyclic) bond motifs is 1. The first-order chi connectivity index (χ1) is 19.9. The molecule has 222 valence electrons. The zero-order valence-corrected chi connectivity index (χ0v) is 24.3. The third kappa shape index (κ3) is 7.35. The van der Waals surface area contributed by atoms with Crippen molar-refractivity contribution in [3.05, 3.63) is 96.2 Å². The molecule has 0 atom stereocenters. The lowest BCUT2D eigenvalue weighted by atomic mass is 9.89. The van der Waals surface area contributed by atoms with E-state index in [9.17, 15) is 16.8 Å². The highest BCUT2D eigenvalue weighted by molar-refractivity contribution is 7.89. The van der Waals surface area contributed by atoms with Crippen LogP contribution in [-0.2, 0) is 35.5 Å². The minimum atomic E-state index is -4.02. The van der Waals surface area contributed by atoms with Gasteiger partial charge in [0.15, 0.2) is 0 Å². The van der Waals surface area contributed by atoms with Crippen LogP contribution in [0.15, 0.2) is 90.0 Å². The molecule has 13 heteroatoms. The van der Waals surface area contributed by atoms with Crippen LogP contribution in [0.2, 0.25) is 0 Å². The van der Waals surface area contributed by atoms with E-state index in [0.717, 1.165) is 31.5 Å². The molecule has 11 nitrogen and oxygen atoms in total. The van der Waals surface area contributed by atoms with E-state index in [2.05, 4.69) is 11.9 Å². The molecule has 1 saturated heterocycles. The summed E-state index contributed by atoms with van der Waals surface area (Å²) in [7, 11) is -5.66. The molecule has 1 aromatic heterocycles. The molecule has 1 fully saturated rings. The number of aromatic nitrogens is 1. The second kappa shape index (κ2) is 12.8. The van der Waals surface area contributed by atoms with Crippen molar-refractivity contribution in [3.63, 3.8) is 0 Å². The molecule has 4 aromatic rings. The van der Waals surface area contributed by atoms with E-state index in [1.54, 1.807) is 48.7 Å². The van der Waals surface area contributed by atoms with Gasteiger partial charge in [-0.05, 0) is 80.4 Å². The molecule has 0 amide bonds. The van der Waals surface area contributed by atoms with E-state index in [1.807, 2.05) is 18.2 Å². The normalized spacial score (nSPS) is 14.6. The summed E-state index contributed by atoms with van der Waals surface area (Å²) in [5.41, 5.74) is 2.12. The quantitative estimate of drug-likeness (QED) is 0.232. The molecule has 0 aliphatic carbocycles. The van der Waals surface area contributed by atoms with Gasteiger partial charge in [0.1, 0.15) is 10.6 Å². The van der Waals surface area contributed by atoms with Gasteiger partial charge in [0.2, 0.25) is 10.0 Å². The fraction of sp³-hybridized carbons (Fsp3) is 0.241. The minimum absolute atomic E-state index is 0.0589. The first-order valence-electron chi connectivity index (χ1n) is 12.9. The summed E-state index contributed by atoms with van der Waals surface area (Å²) in [4.78, 5) is 20.5. The summed E-state index contributed by atoms with van der Waals surface area (Å²) in [5.74, 6) is -3.47. The lowest BCUT2D eigenvalue weighted by Crippen LogP contribution is -2.29. The van der Waals surface area contributed by atoms with E-state index in [0.29, 0.717) is 16.5 Å². The number of carbonyl (C=O) groups is 2. The number of carboxylic acids is 2. The standard InChI is InChI=1S/C27H28N2O5S2.C2H2O4/c1-28-16-14-22(15-17-28)26-19-29(35(30,31)20-21-8-4-2-5-9-21)27-13-12-23(18-25(26)27)34-36(32,33)24-10-6-3-7-11-24;3-1(4)2(5)6/h2-13,18-19,22H,14-17,20H2,1H3;(H,3,4)(H,5,6). The molecule has 0 spiro atoms. The zero-order chi connectivity index (χ0) is 30.5. The Hall–Kier alpha value is -4.20. The van der Waals surface area contributed by atoms with Crippen LogP contribution in [0, 0.1) is 0 Å². The Balaban J connectivity index is 0.000000612. The van der Waals surface area contributed by atoms with Crippen LogP contribution in [0.5, 0.6) is 5.75 Å². The molecule has 0 unspecified atom stereocenters. The van der Waals surface area contributed by atoms with E-state index < -0.39 is 32.1 Å². The Morgan fingerprint density at radius 1 is 0.857 bits per heavy atom. The van der Waals surface area contributed by atoms with Gasteiger partial charge in [-0.15, -0.1) is 0 Å². The molecule has 0 radical (unpaired) electrons. The van der Waals surface area contributed by atoms with E-state index >= 15 is 0 Å². The van der Waals surface area contributed by atoms with Gasteiger partial charge in [0.05, 0.1) is 11.3 Å². The summed E-state index contributed by atoms with van der Waals surface area (Å²) >= 11 is 0. The lowest BCUT2D eigenvalue weighted by molar-refractivity contribution is -0.159. The Kier molecular flexibility index (Phi) is 9.34. The number of hydrogen-bond donors (Lipinski definition) is 2. The first-order valence-corrected chi connectivity index (χ1v) is 16.0. The molecule has 42 heavy (non-hydrogen) atoms. The number of aliphatic carboxylic acids is 2. The van der Waals surface area contributed by atoms with Gasteiger partial charge in [0.25, 0.3) is 0 Å². The highest BCUT2D eigenvalue weighted by Gasteiger charge is 2.27. The number of rotatable bonds is 7. The Morgan fingerprint density at radius 2 is 1.43 bits per heavy atom. The summed E-state index contributed by atoms with van der Waals surface area (Å²) in [5, 5.41) is 15.5. The van der Waals surface area contributed by atoms with Gasteiger partial charge < -0.3 is 19.3 Å². The number of likely N-dealkylation sites (tertiary alicyclic amines) is 1. The Bertz CT molecular complexity index is 1770. The Morgan fingerprint density at radius 3 is 2.00 bits per heavy atom. The third-order valence-electron chi connectivity index (χ3n) is 6.84. The van der Waals surface area contributed by atoms with E-state index in [1.165, 1.54) is 22.2 Å². The maximum atomic E-state index is 13.5. The monoisotopic (exact) mass is 614 g/mol. The van der Waals surface area contributed by atoms with Gasteiger partial charge >= 0.3 is 22.1 Å². The maximum absolute atomic E-state index is 13.5. The van der Waals surface area contributed by atoms with Crippen molar-refractivity contribution in [2.24, 2.45) is 0 Å². The summed E-state index contributed by atoms with van der Waals surface area (Å²) in [6.45, 7) is 1.82. The smallest absolute Gasteiger partial charge is 0.414 e. The average molecular weight is 615 g/mol. The molecule has 2 heterocycles. The number of piperidine rings is 1. The predicted molar refractivity (Wildman–Crippen MR) is 155 cm³/mol. The van der Waals surface area contributed by atoms with Crippen LogP contribution >= 0.6 is 0 Å². The van der Waals surface area contributed by atoms with Gasteiger partial charge in [-0.25, -0.2) is 22.0 Å². The largest absolute Gasteiger partial charge is 0.473 e. The summed E-state index contributed by atoms with van der Waals surface area (Å²) in [6.07, 6.45) is 3.50. The molecule has 1 aliphatic heterocycles. The van der Waals surface area contributed by atoms with Crippen molar-refractivity contribution >= 4 is 43.0 Å². The summed E-state index contributed by atoms with van der Waals surface area (Å²) in [6, 6.07) is 21.8. The fourth-order valence-electron chi connectivity index (χ4n) is 4.75. The van der Waals surface area contributed by atoms with Crippen LogP contribution in [0.3, 0.4) is 0 Å². The Labute approximate surface area is 243 Å². The van der Waals surface area contributed by atoms with Crippen molar-refractivity contribution in [2.45, 2.75) is 29.4 Å². The summed E-state index contributed by atoms with van der Waals surface area (Å²) < 4.78 is 59.4. The molecule has 3 aromatic carbocycles. The highest BCUT2D eigenvalue weighted by Crippen LogP contribution is 2.37. The molecule has 0 saturated carbocycles. The number of hydrogen-bond acceptors (Lipinski definition) is 8. The van der Waals surface area contributed by atoms with Crippen molar-refractivity contribution in [1.82, 2.24) is 8.87 Å². The van der Waals surface area contributed by atoms with Crippen LogP contribution in [-0.4, -0.2) is 68.0 Å². The van der Waals surface area contributed by atoms with Gasteiger partial charge in [-0.3, -0.25) is 0 Å². The molecule has 2 N–H and O–H groups in total. The van der Waals surface area contributed by atoms with Crippen LogP contribution < -0.4 is 4.18 Å². The number of nitrogens with zero attached hydrogens (tertiary/aromatic N) is 2. The second-order valence-electron chi connectivity index (χ2n) is 9.84. The highest BCUT2D eigenvalue weighted by atomic mass is 32.2. The molecule has 1 aliphatic rings. The minimum Gasteiger partial charge on any atom is -0.473 e. The van der Waals surface area contributed by atoms with Gasteiger partial charge in [-0.2, -0.15) is 8.42 Å². The van der Waals surface area contributed by atoms with Crippen LogP contribution in [0.25, 0.3) is 10.9 Å². The molecular formula is C29H30N2O9S2.